The van der Waals surface area contributed by atoms with Crippen molar-refractivity contribution in [2.75, 3.05) is 5.32 Å². The highest BCUT2D eigenvalue weighted by Gasteiger charge is 2.07. The first-order valence-electron chi connectivity index (χ1n) is 5.80. The van der Waals surface area contributed by atoms with Gasteiger partial charge in [0.05, 0.1) is 0 Å². The number of rotatable bonds is 4. The van der Waals surface area contributed by atoms with E-state index >= 15 is 0 Å². The van der Waals surface area contributed by atoms with Gasteiger partial charge in [0.15, 0.2) is 0 Å². The number of nitrogens with one attached hydrogen (secondary N) is 1. The largest absolute Gasteiger partial charge is 0.347 e. The average molecular weight is 258 g/mol. The van der Waals surface area contributed by atoms with Crippen molar-refractivity contribution in [1.82, 2.24) is 9.55 Å². The molecular weight excluding hydrogens is 244 g/mol. The summed E-state index contributed by atoms with van der Waals surface area (Å²) in [4.78, 5) is 26.8. The number of aromatic nitrogens is 2. The van der Waals surface area contributed by atoms with Gasteiger partial charge in [-0.2, -0.15) is 0 Å². The zero-order chi connectivity index (χ0) is 13.7. The zero-order valence-electron chi connectivity index (χ0n) is 10.2. The van der Waals surface area contributed by atoms with Gasteiger partial charge in [0.1, 0.15) is 6.54 Å². The molecule has 3 N–H and O–H groups in total. The standard InChI is InChI=1S/C13H14N4O2/c14-8-10-4-1-2-5-11(10)16-12(18)9-17-7-3-6-15-13(17)19/h1-7H,8-9,14H2,(H,16,18). The van der Waals surface area contributed by atoms with Crippen LogP contribution < -0.4 is 16.7 Å². The average Bonchev–Trinajstić information content (AvgIpc) is 2.42. The summed E-state index contributed by atoms with van der Waals surface area (Å²) < 4.78 is 1.24. The monoisotopic (exact) mass is 258 g/mol. The van der Waals surface area contributed by atoms with Crippen LogP contribution in [0.1, 0.15) is 5.56 Å². The smallest absolute Gasteiger partial charge is 0.326 e. The molecule has 0 radical (unpaired) electrons. The Balaban J connectivity index is 2.10. The van der Waals surface area contributed by atoms with Crippen molar-refractivity contribution in [3.63, 3.8) is 0 Å². The van der Waals surface area contributed by atoms with E-state index in [1.165, 1.54) is 17.0 Å². The highest BCUT2D eigenvalue weighted by atomic mass is 16.2. The molecule has 0 atom stereocenters. The van der Waals surface area contributed by atoms with E-state index in [-0.39, 0.29) is 12.5 Å². The Morgan fingerprint density at radius 1 is 1.32 bits per heavy atom. The highest BCUT2D eigenvalue weighted by Crippen LogP contribution is 2.13. The zero-order valence-corrected chi connectivity index (χ0v) is 10.2. The van der Waals surface area contributed by atoms with Gasteiger partial charge in [0, 0.05) is 24.6 Å². The van der Waals surface area contributed by atoms with Crippen molar-refractivity contribution in [3.8, 4) is 0 Å². The van der Waals surface area contributed by atoms with Crippen LogP contribution in [0.5, 0.6) is 0 Å². The Hall–Kier alpha value is -2.47. The molecule has 98 valence electrons. The summed E-state index contributed by atoms with van der Waals surface area (Å²) in [7, 11) is 0. The van der Waals surface area contributed by atoms with Gasteiger partial charge < -0.3 is 11.1 Å². The molecule has 0 aliphatic rings. The van der Waals surface area contributed by atoms with Gasteiger partial charge in [-0.3, -0.25) is 9.36 Å². The number of nitrogens with two attached hydrogens (primary N) is 1. The number of nitrogens with zero attached hydrogens (tertiary/aromatic N) is 2. The molecule has 1 aromatic heterocycles. The number of carbonyl (C=O) groups is 1. The molecule has 0 fully saturated rings. The lowest BCUT2D eigenvalue weighted by atomic mass is 10.2. The molecule has 0 saturated heterocycles. The van der Waals surface area contributed by atoms with Crippen LogP contribution >= 0.6 is 0 Å². The minimum Gasteiger partial charge on any atom is -0.326 e. The molecule has 1 aromatic carbocycles. The topological polar surface area (TPSA) is 90.0 Å². The number of para-hydroxylation sites is 1. The second kappa shape index (κ2) is 5.92. The van der Waals surface area contributed by atoms with E-state index < -0.39 is 5.69 Å². The Morgan fingerprint density at radius 2 is 2.11 bits per heavy atom. The van der Waals surface area contributed by atoms with Gasteiger partial charge in [-0.25, -0.2) is 9.78 Å². The summed E-state index contributed by atoms with van der Waals surface area (Å²) in [6.07, 6.45) is 2.91. The molecule has 0 spiro atoms. The van der Waals surface area contributed by atoms with Crippen LogP contribution in [0.15, 0.2) is 47.5 Å². The summed E-state index contributed by atoms with van der Waals surface area (Å²) in [6.45, 7) is 0.259. The lowest BCUT2D eigenvalue weighted by molar-refractivity contribution is -0.116. The van der Waals surface area contributed by atoms with Crippen LogP contribution in [0.3, 0.4) is 0 Å². The number of amides is 1. The van der Waals surface area contributed by atoms with E-state index in [9.17, 15) is 9.59 Å². The molecule has 19 heavy (non-hydrogen) atoms. The lowest BCUT2D eigenvalue weighted by Crippen LogP contribution is -2.28. The third-order valence-electron chi connectivity index (χ3n) is 2.61. The number of carbonyl (C=O) groups excluding carboxylic acids is 1. The Labute approximate surface area is 109 Å². The molecule has 1 amide bonds. The molecule has 6 heteroatoms. The van der Waals surface area contributed by atoms with Crippen LogP contribution in [0.4, 0.5) is 5.69 Å². The van der Waals surface area contributed by atoms with Crippen molar-refractivity contribution in [2.45, 2.75) is 13.1 Å². The first kappa shape index (κ1) is 13.0. The van der Waals surface area contributed by atoms with E-state index in [0.29, 0.717) is 12.2 Å². The molecule has 0 unspecified atom stereocenters. The first-order valence-corrected chi connectivity index (χ1v) is 5.80. The molecule has 2 aromatic rings. The van der Waals surface area contributed by atoms with Crippen LogP contribution in [-0.4, -0.2) is 15.5 Å². The van der Waals surface area contributed by atoms with Gasteiger partial charge in [-0.15, -0.1) is 0 Å². The minimum atomic E-state index is -0.454. The molecule has 0 aliphatic heterocycles. The summed E-state index contributed by atoms with van der Waals surface area (Å²) in [5.41, 5.74) is 6.63. The van der Waals surface area contributed by atoms with Gasteiger partial charge >= 0.3 is 5.69 Å². The lowest BCUT2D eigenvalue weighted by Gasteiger charge is -2.10. The number of anilines is 1. The van der Waals surface area contributed by atoms with Gasteiger partial charge in [0.25, 0.3) is 0 Å². The maximum atomic E-state index is 11.9. The molecule has 2 rings (SSSR count). The van der Waals surface area contributed by atoms with Crippen molar-refractivity contribution in [1.29, 1.82) is 0 Å². The van der Waals surface area contributed by atoms with E-state index in [1.807, 2.05) is 18.2 Å². The molecule has 0 aliphatic carbocycles. The van der Waals surface area contributed by atoms with E-state index in [4.69, 9.17) is 5.73 Å². The van der Waals surface area contributed by atoms with Crippen molar-refractivity contribution >= 4 is 11.6 Å². The third-order valence-corrected chi connectivity index (χ3v) is 2.61. The van der Waals surface area contributed by atoms with Crippen molar-refractivity contribution in [3.05, 3.63) is 58.8 Å². The van der Waals surface area contributed by atoms with Crippen LogP contribution in [0, 0.1) is 0 Å². The third kappa shape index (κ3) is 3.26. The van der Waals surface area contributed by atoms with E-state index in [0.717, 1.165) is 5.56 Å². The normalized spacial score (nSPS) is 10.2. The fraction of sp³-hybridized carbons (Fsp3) is 0.154. The second-order valence-corrected chi connectivity index (χ2v) is 3.94. The Kier molecular flexibility index (Phi) is 4.04. The minimum absolute atomic E-state index is 0.0778. The molecule has 1 heterocycles. The quantitative estimate of drug-likeness (QED) is 0.827. The number of benzene rings is 1. The SMILES string of the molecule is NCc1ccccc1NC(=O)Cn1cccnc1=O. The van der Waals surface area contributed by atoms with Crippen LogP contribution in [0.25, 0.3) is 0 Å². The predicted octanol–water partition coefficient (Wildman–Crippen LogP) is 0.341. The highest BCUT2D eigenvalue weighted by molar-refractivity contribution is 5.91. The maximum absolute atomic E-state index is 11.9. The fourth-order valence-corrected chi connectivity index (χ4v) is 1.67. The predicted molar refractivity (Wildman–Crippen MR) is 71.5 cm³/mol. The van der Waals surface area contributed by atoms with E-state index in [1.54, 1.807) is 12.1 Å². The van der Waals surface area contributed by atoms with Crippen LogP contribution in [0.2, 0.25) is 0 Å². The molecule has 6 nitrogen and oxygen atoms in total. The van der Waals surface area contributed by atoms with E-state index in [2.05, 4.69) is 10.3 Å². The molecule has 0 bridgehead atoms. The Bertz CT molecular complexity index is 636. The second-order valence-electron chi connectivity index (χ2n) is 3.94. The first-order chi connectivity index (χ1) is 9.20. The number of hydrogen-bond acceptors (Lipinski definition) is 4. The van der Waals surface area contributed by atoms with Gasteiger partial charge in [0.2, 0.25) is 5.91 Å². The maximum Gasteiger partial charge on any atom is 0.347 e. The number of hydrogen-bond donors (Lipinski definition) is 2. The van der Waals surface area contributed by atoms with Crippen molar-refractivity contribution in [2.24, 2.45) is 5.73 Å². The summed E-state index contributed by atoms with van der Waals surface area (Å²) in [6, 6.07) is 8.87. The van der Waals surface area contributed by atoms with Crippen LogP contribution in [-0.2, 0) is 17.9 Å². The fourth-order valence-electron chi connectivity index (χ4n) is 1.67. The molecular formula is C13H14N4O2. The van der Waals surface area contributed by atoms with Gasteiger partial charge in [-0.1, -0.05) is 18.2 Å². The summed E-state index contributed by atoms with van der Waals surface area (Å²) in [5.74, 6) is -0.295. The molecule has 0 saturated carbocycles. The summed E-state index contributed by atoms with van der Waals surface area (Å²) >= 11 is 0. The van der Waals surface area contributed by atoms with Gasteiger partial charge in [-0.05, 0) is 17.7 Å². The Morgan fingerprint density at radius 3 is 2.84 bits per heavy atom. The summed E-state index contributed by atoms with van der Waals surface area (Å²) in [5, 5.41) is 2.73. The van der Waals surface area contributed by atoms with Crippen molar-refractivity contribution < 1.29 is 4.79 Å².